The Morgan fingerprint density at radius 3 is 2.78 bits per heavy atom. The van der Waals surface area contributed by atoms with Crippen molar-refractivity contribution in [2.45, 2.75) is 51.6 Å². The van der Waals surface area contributed by atoms with E-state index in [1.54, 1.807) is 24.5 Å². The molecule has 0 bridgehead atoms. The molecule has 1 aliphatic rings. The molecule has 142 valence electrons. The van der Waals surface area contributed by atoms with Crippen LogP contribution in [0.2, 0.25) is 0 Å². The Morgan fingerprint density at radius 2 is 2.04 bits per heavy atom. The second kappa shape index (κ2) is 7.82. The minimum Gasteiger partial charge on any atom is -0.497 e. The number of aryl methyl sites for hydroxylation is 2. The fourth-order valence-electron chi connectivity index (χ4n) is 3.90. The molecule has 2 heterocycles. The van der Waals surface area contributed by atoms with Gasteiger partial charge in [-0.2, -0.15) is 0 Å². The number of aromatic nitrogens is 2. The van der Waals surface area contributed by atoms with E-state index in [4.69, 9.17) is 9.72 Å². The van der Waals surface area contributed by atoms with Crippen molar-refractivity contribution >= 4 is 16.3 Å². The first-order valence-corrected chi connectivity index (χ1v) is 10.5. The van der Waals surface area contributed by atoms with E-state index < -0.39 is 0 Å². The fourth-order valence-corrected chi connectivity index (χ4v) is 5.13. The number of fused-ring (bicyclic) bond motifs is 3. The molecule has 3 aromatic rings. The zero-order chi connectivity index (χ0) is 18.8. The van der Waals surface area contributed by atoms with E-state index in [1.165, 1.54) is 29.0 Å². The average molecular weight is 385 g/mol. The zero-order valence-electron chi connectivity index (χ0n) is 15.9. The predicted octanol–water partition coefficient (Wildman–Crippen LogP) is 2.86. The summed E-state index contributed by atoms with van der Waals surface area (Å²) >= 11 is 1.69. The molecule has 0 fully saturated rings. The molecule has 4 rings (SSSR count). The second-order valence-corrected chi connectivity index (χ2v) is 8.17. The van der Waals surface area contributed by atoms with Gasteiger partial charge in [-0.15, -0.1) is 11.3 Å². The molecule has 0 unspecified atom stereocenters. The number of hydrogen-bond donors (Lipinski definition) is 1. The van der Waals surface area contributed by atoms with E-state index in [-0.39, 0.29) is 5.56 Å². The molecular weight excluding hydrogens is 358 g/mol. The van der Waals surface area contributed by atoms with Crippen LogP contribution >= 0.6 is 11.3 Å². The van der Waals surface area contributed by atoms with Gasteiger partial charge in [0.05, 0.1) is 7.11 Å². The Bertz CT molecular complexity index is 991. The van der Waals surface area contributed by atoms with E-state index in [1.807, 2.05) is 16.5 Å². The maximum absolute atomic E-state index is 12.7. The highest BCUT2D eigenvalue weighted by Crippen LogP contribution is 2.28. The summed E-state index contributed by atoms with van der Waals surface area (Å²) in [5.41, 5.74) is 3.40. The zero-order valence-corrected chi connectivity index (χ0v) is 16.7. The van der Waals surface area contributed by atoms with Crippen molar-refractivity contribution in [2.24, 2.45) is 0 Å². The first kappa shape index (κ1) is 18.2. The Labute approximate surface area is 163 Å². The molecule has 0 saturated carbocycles. The van der Waals surface area contributed by atoms with Crippen molar-refractivity contribution in [2.75, 3.05) is 7.11 Å². The molecule has 1 aromatic carbocycles. The number of hydrogen-bond acceptors (Lipinski definition) is 4. The van der Waals surface area contributed by atoms with Crippen LogP contribution in [0.4, 0.5) is 0 Å². The minimum absolute atomic E-state index is 0.0697. The molecule has 1 atom stereocenters. The van der Waals surface area contributed by atoms with Crippen LogP contribution in [-0.2, 0) is 19.4 Å². The summed E-state index contributed by atoms with van der Waals surface area (Å²) in [6.45, 7) is 2.89. The van der Waals surface area contributed by atoms with Gasteiger partial charge < -0.3 is 10.1 Å². The van der Waals surface area contributed by atoms with Crippen LogP contribution in [0.3, 0.4) is 0 Å². The van der Waals surface area contributed by atoms with Crippen LogP contribution in [0.1, 0.15) is 54.1 Å². The Morgan fingerprint density at radius 1 is 1.26 bits per heavy atom. The van der Waals surface area contributed by atoms with E-state index in [9.17, 15) is 4.79 Å². The second-order valence-electron chi connectivity index (χ2n) is 7.11. The number of benzene rings is 1. The van der Waals surface area contributed by atoms with E-state index in [2.05, 4.69) is 24.4 Å². The lowest BCUT2D eigenvalue weighted by Crippen LogP contribution is -2.83. The summed E-state index contributed by atoms with van der Waals surface area (Å²) in [7, 11) is 1.68. The lowest BCUT2D eigenvalue weighted by molar-refractivity contribution is -0.711. The monoisotopic (exact) mass is 384 g/mol. The topological polar surface area (TPSA) is 60.2 Å². The Hall–Kier alpha value is -2.18. The standard InChI is InChI=1S/C21H25N3O2S/c1-3-17(14-8-10-16(26-2)11-9-14)22-13-15-12-20(25)24-18-6-4-5-7-19(18)27-21(24)23-15/h8-12,17,22H,3-7,13H2,1-2H3/p+1/t17-/m0/s1. The van der Waals surface area contributed by atoms with Crippen LogP contribution in [0.15, 0.2) is 35.1 Å². The number of quaternary nitrogens is 1. The van der Waals surface area contributed by atoms with Gasteiger partial charge in [0.25, 0.3) is 5.56 Å². The van der Waals surface area contributed by atoms with Gasteiger partial charge in [0.15, 0.2) is 4.96 Å². The van der Waals surface area contributed by atoms with Crippen LogP contribution in [0.5, 0.6) is 5.75 Å². The van der Waals surface area contributed by atoms with E-state index >= 15 is 0 Å². The maximum atomic E-state index is 12.7. The number of nitrogens with zero attached hydrogens (tertiary/aromatic N) is 2. The van der Waals surface area contributed by atoms with Crippen molar-refractivity contribution in [1.29, 1.82) is 0 Å². The number of ether oxygens (including phenoxy) is 1. The lowest BCUT2D eigenvalue weighted by Gasteiger charge is -2.14. The molecule has 0 spiro atoms. The Kier molecular flexibility index (Phi) is 5.27. The van der Waals surface area contributed by atoms with Gasteiger partial charge in [-0.3, -0.25) is 9.20 Å². The normalized spacial score (nSPS) is 14.9. The van der Waals surface area contributed by atoms with Gasteiger partial charge in [-0.25, -0.2) is 4.98 Å². The molecule has 27 heavy (non-hydrogen) atoms. The van der Waals surface area contributed by atoms with E-state index in [0.29, 0.717) is 12.6 Å². The van der Waals surface area contributed by atoms with Crippen LogP contribution in [0, 0.1) is 0 Å². The molecule has 0 amide bonds. The first-order valence-electron chi connectivity index (χ1n) is 9.70. The van der Waals surface area contributed by atoms with Gasteiger partial charge in [-0.1, -0.05) is 6.92 Å². The summed E-state index contributed by atoms with van der Waals surface area (Å²) in [5, 5.41) is 2.27. The molecule has 0 aliphatic heterocycles. The van der Waals surface area contributed by atoms with Crippen LogP contribution in [-0.4, -0.2) is 16.5 Å². The fraction of sp³-hybridized carbons (Fsp3) is 0.429. The largest absolute Gasteiger partial charge is 0.497 e. The van der Waals surface area contributed by atoms with Crippen molar-refractivity contribution in [3.8, 4) is 5.75 Å². The third-order valence-electron chi connectivity index (χ3n) is 5.41. The SMILES string of the molecule is CC[C@H]([NH2+]Cc1cc(=O)n2c3c(sc2n1)CCCC3)c1ccc(OC)cc1. The molecule has 5 nitrogen and oxygen atoms in total. The highest BCUT2D eigenvalue weighted by molar-refractivity contribution is 7.17. The lowest BCUT2D eigenvalue weighted by atomic mass is 10.0. The number of nitrogens with two attached hydrogens (primary N) is 1. The minimum atomic E-state index is 0.0697. The quantitative estimate of drug-likeness (QED) is 0.711. The highest BCUT2D eigenvalue weighted by atomic mass is 32.1. The average Bonchev–Trinajstić information content (AvgIpc) is 3.08. The third kappa shape index (κ3) is 3.64. The molecule has 2 aromatic heterocycles. The smallest absolute Gasteiger partial charge is 0.259 e. The van der Waals surface area contributed by atoms with Crippen LogP contribution in [0.25, 0.3) is 4.96 Å². The molecule has 6 heteroatoms. The van der Waals surface area contributed by atoms with Crippen molar-refractivity contribution in [1.82, 2.24) is 9.38 Å². The number of thiazole rings is 1. The molecule has 2 N–H and O–H groups in total. The maximum Gasteiger partial charge on any atom is 0.259 e. The predicted molar refractivity (Wildman–Crippen MR) is 108 cm³/mol. The highest BCUT2D eigenvalue weighted by Gasteiger charge is 2.19. The summed E-state index contributed by atoms with van der Waals surface area (Å²) < 4.78 is 7.08. The molecule has 0 saturated heterocycles. The van der Waals surface area contributed by atoms with Crippen LogP contribution < -0.4 is 15.6 Å². The van der Waals surface area contributed by atoms with Gasteiger partial charge in [0.1, 0.15) is 24.0 Å². The van der Waals surface area contributed by atoms with Gasteiger partial charge in [0, 0.05) is 28.6 Å². The molecule has 0 radical (unpaired) electrons. The molecule has 1 aliphatic carbocycles. The first-order chi connectivity index (χ1) is 13.2. The van der Waals surface area contributed by atoms with Crippen molar-refractivity contribution in [3.05, 3.63) is 62.5 Å². The Balaban J connectivity index is 1.54. The summed E-state index contributed by atoms with van der Waals surface area (Å²) in [4.78, 5) is 19.7. The van der Waals surface area contributed by atoms with Gasteiger partial charge in [0.2, 0.25) is 0 Å². The van der Waals surface area contributed by atoms with E-state index in [0.717, 1.165) is 35.7 Å². The van der Waals surface area contributed by atoms with Crippen molar-refractivity contribution in [3.63, 3.8) is 0 Å². The third-order valence-corrected chi connectivity index (χ3v) is 6.55. The summed E-state index contributed by atoms with van der Waals surface area (Å²) in [6.07, 6.45) is 5.48. The number of rotatable bonds is 6. The van der Waals surface area contributed by atoms with Crippen molar-refractivity contribution < 1.29 is 10.1 Å². The van der Waals surface area contributed by atoms with Gasteiger partial charge in [-0.05, 0) is 49.9 Å². The van der Waals surface area contributed by atoms with Gasteiger partial charge >= 0.3 is 0 Å². The molecular formula is C21H26N3O2S+. The summed E-state index contributed by atoms with van der Waals surface area (Å²) in [6, 6.07) is 10.3. The number of methoxy groups -OCH3 is 1. The summed E-state index contributed by atoms with van der Waals surface area (Å²) in [5.74, 6) is 0.871.